The van der Waals surface area contributed by atoms with Crippen LogP contribution in [0.15, 0.2) is 24.3 Å². The van der Waals surface area contributed by atoms with Crippen LogP contribution in [0.3, 0.4) is 0 Å². The van der Waals surface area contributed by atoms with Crippen LogP contribution in [0.25, 0.3) is 0 Å². The van der Waals surface area contributed by atoms with Crippen LogP contribution in [-0.4, -0.2) is 36.3 Å². The highest BCUT2D eigenvalue weighted by Crippen LogP contribution is 2.17. The molecule has 1 N–H and O–H groups in total. The summed E-state index contributed by atoms with van der Waals surface area (Å²) in [6.45, 7) is 1.29. The fraction of sp³-hybridized carbons (Fsp3) is 0.333. The Balaban J connectivity index is 2.19. The van der Waals surface area contributed by atoms with E-state index in [1.807, 2.05) is 0 Å². The number of halogens is 1. The van der Waals surface area contributed by atoms with E-state index in [0.29, 0.717) is 23.7 Å². The van der Waals surface area contributed by atoms with E-state index in [1.54, 1.807) is 24.3 Å². The minimum Gasteiger partial charge on any atom is -0.354 e. The maximum absolute atomic E-state index is 12.2. The van der Waals surface area contributed by atoms with E-state index in [1.165, 1.54) is 4.90 Å². The molecule has 0 aliphatic carbocycles. The van der Waals surface area contributed by atoms with Crippen molar-refractivity contribution < 1.29 is 9.59 Å². The molecule has 1 aromatic carbocycles. The van der Waals surface area contributed by atoms with Gasteiger partial charge >= 0.3 is 0 Å². The highest BCUT2D eigenvalue weighted by molar-refractivity contribution is 6.33. The summed E-state index contributed by atoms with van der Waals surface area (Å²) in [5.74, 6) is -0.310. The van der Waals surface area contributed by atoms with E-state index in [2.05, 4.69) is 5.32 Å². The van der Waals surface area contributed by atoms with Crippen LogP contribution < -0.4 is 5.32 Å². The molecule has 1 aliphatic rings. The van der Waals surface area contributed by atoms with Gasteiger partial charge in [0.15, 0.2) is 0 Å². The van der Waals surface area contributed by atoms with Gasteiger partial charge in [-0.15, -0.1) is 0 Å². The maximum atomic E-state index is 12.2. The van der Waals surface area contributed by atoms with Crippen molar-refractivity contribution in [2.24, 2.45) is 0 Å². The molecular weight excluding hydrogens is 240 g/mol. The Kier molecular flexibility index (Phi) is 3.64. The van der Waals surface area contributed by atoms with E-state index in [-0.39, 0.29) is 18.4 Å². The smallest absolute Gasteiger partial charge is 0.255 e. The number of hydrogen-bond acceptors (Lipinski definition) is 2. The lowest BCUT2D eigenvalue weighted by Gasteiger charge is -2.19. The summed E-state index contributed by atoms with van der Waals surface area (Å²) in [6.07, 6.45) is 0.766. The third-order valence-corrected chi connectivity index (χ3v) is 2.98. The molecule has 0 radical (unpaired) electrons. The van der Waals surface area contributed by atoms with Gasteiger partial charge in [0.05, 0.1) is 17.1 Å². The number of hydrogen-bond donors (Lipinski definition) is 1. The summed E-state index contributed by atoms with van der Waals surface area (Å²) in [7, 11) is 0. The number of nitrogens with one attached hydrogen (secondary N) is 1. The molecule has 0 spiro atoms. The van der Waals surface area contributed by atoms with Gasteiger partial charge in [-0.25, -0.2) is 0 Å². The van der Waals surface area contributed by atoms with Crippen molar-refractivity contribution in [3.8, 4) is 0 Å². The Labute approximate surface area is 105 Å². The standard InChI is InChI=1S/C12H13ClN2O2/c13-10-5-2-1-4-9(10)12(17)15-7-3-6-14-11(16)8-15/h1-2,4-5H,3,6-8H2,(H,14,16). The summed E-state index contributed by atoms with van der Waals surface area (Å²) in [5, 5.41) is 3.15. The van der Waals surface area contributed by atoms with Gasteiger partial charge in [0, 0.05) is 13.1 Å². The molecule has 0 unspecified atom stereocenters. The Bertz CT molecular complexity index is 448. The molecule has 0 atom stereocenters. The second-order valence-corrected chi connectivity index (χ2v) is 4.32. The normalized spacial score (nSPS) is 16.3. The van der Waals surface area contributed by atoms with Crippen LogP contribution >= 0.6 is 11.6 Å². The molecule has 17 heavy (non-hydrogen) atoms. The van der Waals surface area contributed by atoms with Crippen LogP contribution in [0.1, 0.15) is 16.8 Å². The van der Waals surface area contributed by atoms with Gasteiger partial charge in [-0.3, -0.25) is 9.59 Å². The topological polar surface area (TPSA) is 49.4 Å². The van der Waals surface area contributed by atoms with Crippen molar-refractivity contribution in [3.63, 3.8) is 0 Å². The molecule has 2 amide bonds. The highest BCUT2D eigenvalue weighted by atomic mass is 35.5. The number of carbonyl (C=O) groups excluding carboxylic acids is 2. The maximum Gasteiger partial charge on any atom is 0.255 e. The van der Waals surface area contributed by atoms with Gasteiger partial charge in [0.2, 0.25) is 5.91 Å². The van der Waals surface area contributed by atoms with Gasteiger partial charge in [-0.2, -0.15) is 0 Å². The summed E-state index contributed by atoms with van der Waals surface area (Å²) in [4.78, 5) is 25.1. The second kappa shape index (κ2) is 5.19. The molecule has 5 heteroatoms. The zero-order valence-electron chi connectivity index (χ0n) is 9.28. The van der Waals surface area contributed by atoms with E-state index in [0.717, 1.165) is 6.42 Å². The minimum atomic E-state index is -0.187. The van der Waals surface area contributed by atoms with Gasteiger partial charge in [0.1, 0.15) is 0 Å². The molecule has 1 heterocycles. The lowest BCUT2D eigenvalue weighted by molar-refractivity contribution is -0.121. The first-order valence-electron chi connectivity index (χ1n) is 5.49. The Morgan fingerprint density at radius 1 is 1.35 bits per heavy atom. The van der Waals surface area contributed by atoms with E-state index < -0.39 is 0 Å². The van der Waals surface area contributed by atoms with Crippen molar-refractivity contribution in [3.05, 3.63) is 34.9 Å². The third kappa shape index (κ3) is 2.77. The van der Waals surface area contributed by atoms with Crippen molar-refractivity contribution in [2.45, 2.75) is 6.42 Å². The first-order chi connectivity index (χ1) is 8.18. The van der Waals surface area contributed by atoms with Crippen LogP contribution in [0.4, 0.5) is 0 Å². The summed E-state index contributed by atoms with van der Waals surface area (Å²) >= 11 is 5.97. The third-order valence-electron chi connectivity index (χ3n) is 2.65. The van der Waals surface area contributed by atoms with Gasteiger partial charge in [0.25, 0.3) is 5.91 Å². The molecule has 4 nitrogen and oxygen atoms in total. The first-order valence-corrected chi connectivity index (χ1v) is 5.87. The Hall–Kier alpha value is -1.55. The molecule has 90 valence electrons. The minimum absolute atomic E-state index is 0.101. The van der Waals surface area contributed by atoms with E-state index in [4.69, 9.17) is 11.6 Å². The van der Waals surface area contributed by atoms with Crippen molar-refractivity contribution in [1.29, 1.82) is 0 Å². The average molecular weight is 253 g/mol. The predicted molar refractivity (Wildman–Crippen MR) is 65.0 cm³/mol. The number of rotatable bonds is 1. The lowest BCUT2D eigenvalue weighted by atomic mass is 10.2. The Morgan fingerprint density at radius 2 is 2.12 bits per heavy atom. The van der Waals surface area contributed by atoms with Crippen LogP contribution in [0, 0.1) is 0 Å². The molecular formula is C12H13ClN2O2. The summed E-state index contributed by atoms with van der Waals surface area (Å²) in [5.41, 5.74) is 0.448. The number of benzene rings is 1. The van der Waals surface area contributed by atoms with Gasteiger partial charge in [-0.05, 0) is 18.6 Å². The van der Waals surface area contributed by atoms with Crippen LogP contribution in [0.5, 0.6) is 0 Å². The lowest BCUT2D eigenvalue weighted by Crippen LogP contribution is -2.37. The quantitative estimate of drug-likeness (QED) is 0.819. The van der Waals surface area contributed by atoms with Gasteiger partial charge < -0.3 is 10.2 Å². The average Bonchev–Trinajstić information content (AvgIpc) is 2.54. The predicted octanol–water partition coefficient (Wildman–Crippen LogP) is 1.30. The number of carbonyl (C=O) groups is 2. The molecule has 0 aromatic heterocycles. The van der Waals surface area contributed by atoms with Crippen molar-refractivity contribution in [1.82, 2.24) is 10.2 Å². The van der Waals surface area contributed by atoms with E-state index >= 15 is 0 Å². The molecule has 0 saturated carbocycles. The van der Waals surface area contributed by atoms with Crippen LogP contribution in [0.2, 0.25) is 5.02 Å². The van der Waals surface area contributed by atoms with E-state index in [9.17, 15) is 9.59 Å². The molecule has 0 bridgehead atoms. The van der Waals surface area contributed by atoms with Crippen molar-refractivity contribution >= 4 is 23.4 Å². The monoisotopic (exact) mass is 252 g/mol. The van der Waals surface area contributed by atoms with Gasteiger partial charge in [-0.1, -0.05) is 23.7 Å². The zero-order chi connectivity index (χ0) is 12.3. The fourth-order valence-corrected chi connectivity index (χ4v) is 2.00. The summed E-state index contributed by atoms with van der Waals surface area (Å²) in [6, 6.07) is 6.88. The Morgan fingerprint density at radius 3 is 2.88 bits per heavy atom. The fourth-order valence-electron chi connectivity index (χ4n) is 1.78. The first kappa shape index (κ1) is 11.9. The van der Waals surface area contributed by atoms with Crippen LogP contribution in [-0.2, 0) is 4.79 Å². The molecule has 1 fully saturated rings. The second-order valence-electron chi connectivity index (χ2n) is 3.91. The molecule has 1 aliphatic heterocycles. The number of amides is 2. The largest absolute Gasteiger partial charge is 0.354 e. The highest BCUT2D eigenvalue weighted by Gasteiger charge is 2.22. The zero-order valence-corrected chi connectivity index (χ0v) is 10.0. The van der Waals surface area contributed by atoms with Crippen molar-refractivity contribution in [2.75, 3.05) is 19.6 Å². The molecule has 1 saturated heterocycles. The molecule has 2 rings (SSSR count). The number of nitrogens with zero attached hydrogens (tertiary/aromatic N) is 1. The molecule has 1 aromatic rings. The SMILES string of the molecule is O=C1CN(C(=O)c2ccccc2Cl)CCCN1. The summed E-state index contributed by atoms with van der Waals surface area (Å²) < 4.78 is 0.